The van der Waals surface area contributed by atoms with Crippen molar-refractivity contribution in [1.29, 1.82) is 5.26 Å². The molecule has 0 aliphatic heterocycles. The van der Waals surface area contributed by atoms with Gasteiger partial charge in [0.05, 0.1) is 11.1 Å². The SMILES string of the molecule is N#Cc1cc2cc(N)ccc2nc1Nc1cccc(F)c1. The molecule has 3 rings (SSSR count). The summed E-state index contributed by atoms with van der Waals surface area (Å²) in [5, 5.41) is 13.0. The molecule has 0 spiro atoms. The second-order valence-electron chi connectivity index (χ2n) is 4.58. The number of hydrogen-bond donors (Lipinski definition) is 2. The fourth-order valence-corrected chi connectivity index (χ4v) is 2.08. The molecule has 0 bridgehead atoms. The van der Waals surface area contributed by atoms with Crippen molar-refractivity contribution in [2.24, 2.45) is 0 Å². The van der Waals surface area contributed by atoms with Crippen molar-refractivity contribution in [3.05, 3.63) is 59.9 Å². The van der Waals surface area contributed by atoms with Crippen LogP contribution in [0.3, 0.4) is 0 Å². The van der Waals surface area contributed by atoms with E-state index in [4.69, 9.17) is 5.73 Å². The van der Waals surface area contributed by atoms with Gasteiger partial charge in [-0.15, -0.1) is 0 Å². The Kier molecular flexibility index (Phi) is 3.13. The number of hydrogen-bond acceptors (Lipinski definition) is 4. The van der Waals surface area contributed by atoms with E-state index in [1.165, 1.54) is 12.1 Å². The van der Waals surface area contributed by atoms with Crippen molar-refractivity contribution >= 4 is 28.1 Å². The molecule has 0 aliphatic carbocycles. The van der Waals surface area contributed by atoms with Crippen LogP contribution in [-0.4, -0.2) is 4.98 Å². The van der Waals surface area contributed by atoms with Gasteiger partial charge < -0.3 is 11.1 Å². The molecular formula is C16H11FN4. The average molecular weight is 278 g/mol. The number of nitrogens with one attached hydrogen (secondary N) is 1. The molecule has 0 radical (unpaired) electrons. The molecule has 0 unspecified atom stereocenters. The molecule has 1 heterocycles. The maximum absolute atomic E-state index is 13.2. The number of benzene rings is 2. The zero-order valence-electron chi connectivity index (χ0n) is 11.0. The fourth-order valence-electron chi connectivity index (χ4n) is 2.08. The molecule has 1 aromatic heterocycles. The number of nitrogens with zero attached hydrogens (tertiary/aromatic N) is 2. The van der Waals surface area contributed by atoms with Crippen LogP contribution in [0.2, 0.25) is 0 Å². The van der Waals surface area contributed by atoms with E-state index in [-0.39, 0.29) is 5.82 Å². The van der Waals surface area contributed by atoms with E-state index in [0.717, 1.165) is 5.39 Å². The first-order chi connectivity index (χ1) is 10.2. The lowest BCUT2D eigenvalue weighted by atomic mass is 10.1. The number of anilines is 3. The Morgan fingerprint density at radius 1 is 1.14 bits per heavy atom. The topological polar surface area (TPSA) is 74.7 Å². The molecule has 5 heteroatoms. The molecule has 21 heavy (non-hydrogen) atoms. The van der Waals surface area contributed by atoms with Crippen molar-refractivity contribution in [2.45, 2.75) is 0 Å². The molecule has 4 nitrogen and oxygen atoms in total. The third-order valence-electron chi connectivity index (χ3n) is 3.05. The van der Waals surface area contributed by atoms with Gasteiger partial charge in [0, 0.05) is 16.8 Å². The maximum atomic E-state index is 13.2. The third-order valence-corrected chi connectivity index (χ3v) is 3.05. The van der Waals surface area contributed by atoms with Gasteiger partial charge in [0.1, 0.15) is 17.7 Å². The highest BCUT2D eigenvalue weighted by molar-refractivity contribution is 5.86. The Morgan fingerprint density at radius 3 is 2.76 bits per heavy atom. The van der Waals surface area contributed by atoms with Crippen LogP contribution in [0.4, 0.5) is 21.6 Å². The van der Waals surface area contributed by atoms with Gasteiger partial charge >= 0.3 is 0 Å². The number of pyridine rings is 1. The van der Waals surface area contributed by atoms with E-state index in [0.29, 0.717) is 28.3 Å². The number of halogens is 1. The summed E-state index contributed by atoms with van der Waals surface area (Å²) in [5.74, 6) is 0.0347. The van der Waals surface area contributed by atoms with Crippen molar-refractivity contribution < 1.29 is 4.39 Å². The molecule has 102 valence electrons. The Labute approximate surface area is 120 Å². The Balaban J connectivity index is 2.09. The maximum Gasteiger partial charge on any atom is 0.149 e. The molecule has 0 amide bonds. The predicted octanol–water partition coefficient (Wildman–Crippen LogP) is 3.57. The van der Waals surface area contributed by atoms with E-state index in [1.54, 1.807) is 36.4 Å². The molecule has 3 aromatic rings. The van der Waals surface area contributed by atoms with Crippen LogP contribution in [0.25, 0.3) is 10.9 Å². The van der Waals surface area contributed by atoms with Crippen molar-refractivity contribution in [2.75, 3.05) is 11.1 Å². The summed E-state index contributed by atoms with van der Waals surface area (Å²) < 4.78 is 13.2. The zero-order valence-corrected chi connectivity index (χ0v) is 11.0. The van der Waals surface area contributed by atoms with Crippen molar-refractivity contribution in [3.8, 4) is 6.07 Å². The van der Waals surface area contributed by atoms with Gasteiger partial charge in [-0.3, -0.25) is 0 Å². The van der Waals surface area contributed by atoms with Gasteiger partial charge in [-0.05, 0) is 42.5 Å². The second kappa shape index (κ2) is 5.10. The summed E-state index contributed by atoms with van der Waals surface area (Å²) in [7, 11) is 0. The standard InChI is InChI=1S/C16H11FN4/c17-12-2-1-3-14(8-12)20-16-11(9-18)6-10-7-13(19)4-5-15(10)21-16/h1-8H,19H2,(H,20,21). The van der Waals surface area contributed by atoms with Gasteiger partial charge in [-0.25, -0.2) is 9.37 Å². The normalized spacial score (nSPS) is 10.3. The summed E-state index contributed by atoms with van der Waals surface area (Å²) in [5.41, 5.74) is 7.95. The van der Waals surface area contributed by atoms with Crippen molar-refractivity contribution in [1.82, 2.24) is 4.98 Å². The number of fused-ring (bicyclic) bond motifs is 1. The van der Waals surface area contributed by atoms with Crippen LogP contribution in [0.15, 0.2) is 48.5 Å². The molecule has 0 fully saturated rings. The molecule has 2 aromatic carbocycles. The highest BCUT2D eigenvalue weighted by Gasteiger charge is 2.08. The van der Waals surface area contributed by atoms with E-state index in [9.17, 15) is 9.65 Å². The Bertz CT molecular complexity index is 868. The van der Waals surface area contributed by atoms with Gasteiger partial charge in [0.2, 0.25) is 0 Å². The summed E-state index contributed by atoms with van der Waals surface area (Å²) in [6.07, 6.45) is 0. The zero-order chi connectivity index (χ0) is 14.8. The van der Waals surface area contributed by atoms with E-state index < -0.39 is 0 Å². The quantitative estimate of drug-likeness (QED) is 0.703. The van der Waals surface area contributed by atoms with Gasteiger partial charge in [-0.1, -0.05) is 6.07 Å². The highest BCUT2D eigenvalue weighted by Crippen LogP contribution is 2.24. The fraction of sp³-hybridized carbons (Fsp3) is 0. The molecular weight excluding hydrogens is 267 g/mol. The number of nitrogen functional groups attached to an aromatic ring is 1. The number of nitrogens with two attached hydrogens (primary N) is 1. The van der Waals surface area contributed by atoms with Crippen molar-refractivity contribution in [3.63, 3.8) is 0 Å². The molecule has 0 saturated heterocycles. The molecule has 0 saturated carbocycles. The Morgan fingerprint density at radius 2 is 2.00 bits per heavy atom. The molecule has 0 aliphatic rings. The van der Waals surface area contributed by atoms with Gasteiger partial charge in [0.25, 0.3) is 0 Å². The summed E-state index contributed by atoms with van der Waals surface area (Å²) in [4.78, 5) is 4.40. The largest absolute Gasteiger partial charge is 0.399 e. The lowest BCUT2D eigenvalue weighted by molar-refractivity contribution is 0.628. The van der Waals surface area contributed by atoms with E-state index in [1.807, 2.05) is 0 Å². The first-order valence-corrected chi connectivity index (χ1v) is 6.29. The summed E-state index contributed by atoms with van der Waals surface area (Å²) >= 11 is 0. The number of nitriles is 1. The van der Waals surface area contributed by atoms with E-state index in [2.05, 4.69) is 16.4 Å². The smallest absolute Gasteiger partial charge is 0.149 e. The van der Waals surface area contributed by atoms with Crippen LogP contribution < -0.4 is 11.1 Å². The second-order valence-corrected chi connectivity index (χ2v) is 4.58. The highest BCUT2D eigenvalue weighted by atomic mass is 19.1. The van der Waals surface area contributed by atoms with E-state index >= 15 is 0 Å². The summed E-state index contributed by atoms with van der Waals surface area (Å²) in [6.45, 7) is 0. The lowest BCUT2D eigenvalue weighted by Gasteiger charge is -2.09. The van der Waals surface area contributed by atoms with Crippen LogP contribution >= 0.6 is 0 Å². The minimum absolute atomic E-state index is 0.355. The van der Waals surface area contributed by atoms with Crippen LogP contribution in [0.1, 0.15) is 5.56 Å². The van der Waals surface area contributed by atoms with Gasteiger partial charge in [-0.2, -0.15) is 5.26 Å². The predicted molar refractivity (Wildman–Crippen MR) is 80.6 cm³/mol. The first kappa shape index (κ1) is 12.9. The van der Waals surface area contributed by atoms with Crippen LogP contribution in [0.5, 0.6) is 0 Å². The number of aromatic nitrogens is 1. The first-order valence-electron chi connectivity index (χ1n) is 6.29. The number of rotatable bonds is 2. The third kappa shape index (κ3) is 2.60. The molecule has 0 atom stereocenters. The lowest BCUT2D eigenvalue weighted by Crippen LogP contribution is -1.98. The summed E-state index contributed by atoms with van der Waals surface area (Å²) in [6, 6.07) is 15.1. The van der Waals surface area contributed by atoms with Crippen LogP contribution in [0, 0.1) is 17.1 Å². The average Bonchev–Trinajstić information content (AvgIpc) is 2.47. The minimum Gasteiger partial charge on any atom is -0.399 e. The molecule has 3 N–H and O–H groups in total. The van der Waals surface area contributed by atoms with Gasteiger partial charge in [0.15, 0.2) is 0 Å². The van der Waals surface area contributed by atoms with Crippen LogP contribution in [-0.2, 0) is 0 Å². The monoisotopic (exact) mass is 278 g/mol. The Hall–Kier alpha value is -3.13. The minimum atomic E-state index is -0.355.